The fourth-order valence-corrected chi connectivity index (χ4v) is 5.96. The van der Waals surface area contributed by atoms with Crippen molar-refractivity contribution in [3.63, 3.8) is 0 Å². The predicted octanol–water partition coefficient (Wildman–Crippen LogP) is 4.54. The van der Waals surface area contributed by atoms with Gasteiger partial charge in [-0.05, 0) is 94.1 Å². The molecule has 8 heteroatoms. The lowest BCUT2D eigenvalue weighted by molar-refractivity contribution is 0.0474. The fourth-order valence-electron chi connectivity index (χ4n) is 4.44. The Morgan fingerprint density at radius 1 is 0.886 bits per heavy atom. The summed E-state index contributed by atoms with van der Waals surface area (Å²) in [5.74, 6) is -0.971. The standard InChI is InChI=1S/C27H30N2O5S/c1-18-7-10-23(15-19(18)2)29-20(3)16-25(21(29)4)26(30)17-34-27(31)22-8-11-24(12-9-22)35(32,33)28-13-5-6-14-28/h7-12,15-16H,5-6,13-14,17H2,1-4H3. The summed E-state index contributed by atoms with van der Waals surface area (Å²) in [7, 11) is -3.55. The van der Waals surface area contributed by atoms with Crippen molar-refractivity contribution >= 4 is 21.8 Å². The summed E-state index contributed by atoms with van der Waals surface area (Å²) < 4.78 is 34.0. The van der Waals surface area contributed by atoms with Gasteiger partial charge in [0, 0.05) is 35.7 Å². The molecule has 1 saturated heterocycles. The average Bonchev–Trinajstić information content (AvgIpc) is 3.48. The fraction of sp³-hybridized carbons (Fsp3) is 0.333. The third kappa shape index (κ3) is 4.94. The molecule has 0 spiro atoms. The summed E-state index contributed by atoms with van der Waals surface area (Å²) in [5.41, 5.74) is 5.72. The van der Waals surface area contributed by atoms with E-state index in [0.717, 1.165) is 35.5 Å². The van der Waals surface area contributed by atoms with E-state index in [4.69, 9.17) is 4.74 Å². The molecular formula is C27H30N2O5S. The van der Waals surface area contributed by atoms with E-state index in [2.05, 4.69) is 19.1 Å². The summed E-state index contributed by atoms with van der Waals surface area (Å²) in [5, 5.41) is 0. The minimum atomic E-state index is -3.55. The maximum atomic E-state index is 12.9. The average molecular weight is 495 g/mol. The van der Waals surface area contributed by atoms with Crippen LogP contribution in [0.1, 0.15) is 56.1 Å². The van der Waals surface area contributed by atoms with Crippen molar-refractivity contribution in [3.05, 3.63) is 82.2 Å². The number of Topliss-reactive ketones (excluding diaryl/α,β-unsaturated/α-hetero) is 1. The molecule has 3 aromatic rings. The van der Waals surface area contributed by atoms with Gasteiger partial charge in [0.2, 0.25) is 15.8 Å². The van der Waals surface area contributed by atoms with Gasteiger partial charge in [0.15, 0.2) is 6.61 Å². The molecule has 1 aromatic heterocycles. The van der Waals surface area contributed by atoms with Gasteiger partial charge >= 0.3 is 5.97 Å². The third-order valence-corrected chi connectivity index (χ3v) is 8.52. The second-order valence-electron chi connectivity index (χ2n) is 9.02. The molecule has 2 heterocycles. The van der Waals surface area contributed by atoms with Crippen LogP contribution in [0.25, 0.3) is 5.69 Å². The van der Waals surface area contributed by atoms with Crippen molar-refractivity contribution in [1.29, 1.82) is 0 Å². The van der Waals surface area contributed by atoms with Gasteiger partial charge in [-0.3, -0.25) is 4.79 Å². The van der Waals surface area contributed by atoms with Crippen molar-refractivity contribution in [1.82, 2.24) is 8.87 Å². The van der Waals surface area contributed by atoms with Gasteiger partial charge in [0.05, 0.1) is 10.5 Å². The summed E-state index contributed by atoms with van der Waals surface area (Å²) >= 11 is 0. The number of rotatable bonds is 7. The first-order valence-corrected chi connectivity index (χ1v) is 13.1. The van der Waals surface area contributed by atoms with E-state index < -0.39 is 22.6 Å². The Morgan fingerprint density at radius 3 is 2.17 bits per heavy atom. The molecule has 1 fully saturated rings. The number of ether oxygens (including phenoxy) is 1. The first-order valence-electron chi connectivity index (χ1n) is 11.7. The molecule has 1 aliphatic heterocycles. The lowest BCUT2D eigenvalue weighted by Gasteiger charge is -2.15. The SMILES string of the molecule is Cc1ccc(-n2c(C)cc(C(=O)COC(=O)c3ccc(S(=O)(=O)N4CCCC4)cc3)c2C)cc1C. The highest BCUT2D eigenvalue weighted by atomic mass is 32.2. The van der Waals surface area contributed by atoms with Gasteiger partial charge in [0.1, 0.15) is 0 Å². The van der Waals surface area contributed by atoms with Crippen LogP contribution in [0.2, 0.25) is 0 Å². The van der Waals surface area contributed by atoms with E-state index in [0.29, 0.717) is 18.7 Å². The number of hydrogen-bond acceptors (Lipinski definition) is 5. The van der Waals surface area contributed by atoms with Crippen LogP contribution < -0.4 is 0 Å². The number of nitrogens with zero attached hydrogens (tertiary/aromatic N) is 2. The van der Waals surface area contributed by atoms with Gasteiger partial charge in [-0.15, -0.1) is 0 Å². The number of carbonyl (C=O) groups is 2. The molecular weight excluding hydrogens is 464 g/mol. The highest BCUT2D eigenvalue weighted by Crippen LogP contribution is 2.24. The molecule has 1 aliphatic rings. The monoisotopic (exact) mass is 494 g/mol. The van der Waals surface area contributed by atoms with E-state index in [1.807, 2.05) is 31.4 Å². The zero-order valence-corrected chi connectivity index (χ0v) is 21.3. The largest absolute Gasteiger partial charge is 0.454 e. The second kappa shape index (κ2) is 9.79. The second-order valence-corrected chi connectivity index (χ2v) is 11.0. The highest BCUT2D eigenvalue weighted by molar-refractivity contribution is 7.89. The molecule has 0 atom stereocenters. The highest BCUT2D eigenvalue weighted by Gasteiger charge is 2.27. The van der Waals surface area contributed by atoms with Crippen LogP contribution >= 0.6 is 0 Å². The van der Waals surface area contributed by atoms with Gasteiger partial charge in [-0.2, -0.15) is 4.31 Å². The van der Waals surface area contributed by atoms with E-state index in [1.165, 1.54) is 34.1 Å². The van der Waals surface area contributed by atoms with Crippen LogP contribution in [0.15, 0.2) is 53.4 Å². The maximum Gasteiger partial charge on any atom is 0.338 e. The normalized spacial score (nSPS) is 14.3. The number of aromatic nitrogens is 1. The summed E-state index contributed by atoms with van der Waals surface area (Å²) in [4.78, 5) is 25.5. The Balaban J connectivity index is 1.44. The topological polar surface area (TPSA) is 85.7 Å². The van der Waals surface area contributed by atoms with Crippen LogP contribution in [0.5, 0.6) is 0 Å². The Kier molecular flexibility index (Phi) is 6.96. The van der Waals surface area contributed by atoms with Gasteiger partial charge < -0.3 is 9.30 Å². The lowest BCUT2D eigenvalue weighted by Crippen LogP contribution is -2.27. The minimum Gasteiger partial charge on any atom is -0.454 e. The number of ketones is 1. The first kappa shape index (κ1) is 24.9. The number of carbonyl (C=O) groups excluding carboxylic acids is 2. The van der Waals surface area contributed by atoms with Crippen LogP contribution in [-0.4, -0.2) is 48.7 Å². The number of esters is 1. The lowest BCUT2D eigenvalue weighted by atomic mass is 10.1. The molecule has 2 aromatic carbocycles. The molecule has 35 heavy (non-hydrogen) atoms. The Morgan fingerprint density at radius 2 is 1.54 bits per heavy atom. The molecule has 0 unspecified atom stereocenters. The van der Waals surface area contributed by atoms with Gasteiger partial charge in [0.25, 0.3) is 0 Å². The zero-order chi connectivity index (χ0) is 25.3. The number of benzene rings is 2. The van der Waals surface area contributed by atoms with E-state index in [-0.39, 0.29) is 16.2 Å². The maximum absolute atomic E-state index is 12.9. The van der Waals surface area contributed by atoms with Crippen molar-refractivity contribution in [2.24, 2.45) is 0 Å². The van der Waals surface area contributed by atoms with Crippen LogP contribution in [0.4, 0.5) is 0 Å². The number of sulfonamides is 1. The van der Waals surface area contributed by atoms with E-state index in [1.54, 1.807) is 6.07 Å². The summed E-state index contributed by atoms with van der Waals surface area (Å²) in [6.45, 7) is 8.53. The summed E-state index contributed by atoms with van der Waals surface area (Å²) in [6.07, 6.45) is 1.70. The Hall–Kier alpha value is -3.23. The predicted molar refractivity (Wildman–Crippen MR) is 134 cm³/mol. The molecule has 0 aliphatic carbocycles. The molecule has 0 radical (unpaired) electrons. The number of hydrogen-bond donors (Lipinski definition) is 0. The Labute approximate surface area is 206 Å². The molecule has 7 nitrogen and oxygen atoms in total. The zero-order valence-electron chi connectivity index (χ0n) is 20.5. The van der Waals surface area contributed by atoms with Crippen molar-refractivity contribution in [2.45, 2.75) is 45.4 Å². The van der Waals surface area contributed by atoms with Gasteiger partial charge in [-0.1, -0.05) is 6.07 Å². The van der Waals surface area contributed by atoms with Crippen LogP contribution in [0.3, 0.4) is 0 Å². The van der Waals surface area contributed by atoms with Crippen LogP contribution in [-0.2, 0) is 14.8 Å². The van der Waals surface area contributed by atoms with Crippen molar-refractivity contribution < 1.29 is 22.7 Å². The molecule has 0 amide bonds. The first-order chi connectivity index (χ1) is 16.6. The molecule has 0 saturated carbocycles. The van der Waals surface area contributed by atoms with E-state index >= 15 is 0 Å². The van der Waals surface area contributed by atoms with E-state index in [9.17, 15) is 18.0 Å². The number of aryl methyl sites for hydroxylation is 3. The molecule has 4 rings (SSSR count). The van der Waals surface area contributed by atoms with Gasteiger partial charge in [-0.25, -0.2) is 13.2 Å². The molecule has 184 valence electrons. The Bertz CT molecular complexity index is 1380. The quantitative estimate of drug-likeness (QED) is 0.356. The minimum absolute atomic E-state index is 0.144. The summed E-state index contributed by atoms with van der Waals surface area (Å²) in [6, 6.07) is 13.6. The molecule has 0 bridgehead atoms. The third-order valence-electron chi connectivity index (χ3n) is 6.61. The van der Waals surface area contributed by atoms with Crippen molar-refractivity contribution in [3.8, 4) is 5.69 Å². The van der Waals surface area contributed by atoms with Crippen molar-refractivity contribution in [2.75, 3.05) is 19.7 Å². The molecule has 0 N–H and O–H groups in total. The smallest absolute Gasteiger partial charge is 0.338 e. The van der Waals surface area contributed by atoms with Crippen LogP contribution in [0, 0.1) is 27.7 Å².